The number of aryl methyl sites for hydroxylation is 1. The minimum Gasteiger partial charge on any atom is -0.371 e. The summed E-state index contributed by atoms with van der Waals surface area (Å²) in [4.78, 5) is 18.5. The van der Waals surface area contributed by atoms with Crippen LogP contribution in [-0.4, -0.2) is 40.6 Å². The van der Waals surface area contributed by atoms with E-state index >= 15 is 0 Å². The molecule has 2 atom stereocenters. The fraction of sp³-hybridized carbons (Fsp3) is 0.471. The van der Waals surface area contributed by atoms with E-state index in [1.807, 2.05) is 26.1 Å². The second-order valence-electron chi connectivity index (χ2n) is 5.96. The molecule has 0 aliphatic carbocycles. The van der Waals surface area contributed by atoms with Crippen LogP contribution in [0.15, 0.2) is 29.0 Å². The molecular weight excluding hydrogens is 330 g/mol. The number of amides is 1. The largest absolute Gasteiger partial charge is 0.371 e. The molecule has 0 saturated carbocycles. The average Bonchev–Trinajstić information content (AvgIpc) is 3.20. The Morgan fingerprint density at radius 3 is 3.00 bits per heavy atom. The highest BCUT2D eigenvalue weighted by atomic mass is 35.5. The molecule has 0 aromatic carbocycles. The molecule has 1 aliphatic rings. The maximum atomic E-state index is 12.6. The Balaban J connectivity index is 1.64. The molecule has 1 amide bonds. The van der Waals surface area contributed by atoms with Gasteiger partial charge in [-0.15, -0.1) is 0 Å². The van der Waals surface area contributed by atoms with Crippen LogP contribution in [0, 0.1) is 6.92 Å². The van der Waals surface area contributed by atoms with Crippen LogP contribution in [-0.2, 0) is 16.0 Å². The summed E-state index contributed by atoms with van der Waals surface area (Å²) in [7, 11) is 1.83. The van der Waals surface area contributed by atoms with Crippen LogP contribution in [0.5, 0.6) is 0 Å². The first kappa shape index (κ1) is 16.9. The van der Waals surface area contributed by atoms with E-state index in [4.69, 9.17) is 20.9 Å². The van der Waals surface area contributed by atoms with Crippen molar-refractivity contribution in [3.63, 3.8) is 0 Å². The van der Waals surface area contributed by atoms with E-state index in [-0.39, 0.29) is 23.3 Å². The molecule has 2 aromatic rings. The van der Waals surface area contributed by atoms with E-state index in [1.165, 1.54) is 0 Å². The van der Waals surface area contributed by atoms with Crippen LogP contribution in [0.2, 0.25) is 5.22 Å². The summed E-state index contributed by atoms with van der Waals surface area (Å²) in [6, 6.07) is 3.88. The molecule has 0 N–H and O–H groups in total. The van der Waals surface area contributed by atoms with E-state index in [2.05, 4.69) is 10.1 Å². The molecule has 0 spiro atoms. The minimum atomic E-state index is -0.131. The quantitative estimate of drug-likeness (QED) is 0.830. The van der Waals surface area contributed by atoms with Gasteiger partial charge in [0.05, 0.1) is 11.7 Å². The zero-order valence-electron chi connectivity index (χ0n) is 13.7. The van der Waals surface area contributed by atoms with Crippen molar-refractivity contribution in [2.24, 2.45) is 0 Å². The summed E-state index contributed by atoms with van der Waals surface area (Å²) >= 11 is 5.96. The number of halogens is 1. The normalized spacial score (nSPS) is 20.3. The zero-order chi connectivity index (χ0) is 17.1. The number of aromatic nitrogens is 2. The van der Waals surface area contributed by atoms with Gasteiger partial charge in [0, 0.05) is 43.6 Å². The Labute approximate surface area is 145 Å². The van der Waals surface area contributed by atoms with Crippen LogP contribution in [0.3, 0.4) is 0 Å². The lowest BCUT2D eigenvalue weighted by Crippen LogP contribution is -2.39. The van der Waals surface area contributed by atoms with Crippen molar-refractivity contribution in [3.8, 4) is 0 Å². The predicted octanol–water partition coefficient (Wildman–Crippen LogP) is 2.95. The molecule has 3 heterocycles. The molecule has 2 aromatic heterocycles. The fourth-order valence-electron chi connectivity index (χ4n) is 3.07. The first-order valence-corrected chi connectivity index (χ1v) is 8.33. The zero-order valence-corrected chi connectivity index (χ0v) is 14.5. The van der Waals surface area contributed by atoms with Gasteiger partial charge in [0.25, 0.3) is 0 Å². The topological polar surface area (TPSA) is 68.5 Å². The summed E-state index contributed by atoms with van der Waals surface area (Å²) in [6.07, 6.45) is 5.08. The van der Waals surface area contributed by atoms with Crippen LogP contribution < -0.4 is 0 Å². The second-order valence-corrected chi connectivity index (χ2v) is 6.30. The minimum absolute atomic E-state index is 0.0146. The molecule has 1 fully saturated rings. The van der Waals surface area contributed by atoms with Gasteiger partial charge in [0.2, 0.25) is 11.1 Å². The van der Waals surface area contributed by atoms with Crippen molar-refractivity contribution in [1.29, 1.82) is 0 Å². The van der Waals surface area contributed by atoms with Crippen molar-refractivity contribution in [2.45, 2.75) is 38.3 Å². The lowest BCUT2D eigenvalue weighted by molar-refractivity contribution is -0.133. The molecule has 128 valence electrons. The monoisotopic (exact) mass is 349 g/mol. The fourth-order valence-corrected chi connectivity index (χ4v) is 3.34. The lowest BCUT2D eigenvalue weighted by atomic mass is 10.0. The first-order valence-electron chi connectivity index (χ1n) is 7.95. The molecule has 0 unspecified atom stereocenters. The van der Waals surface area contributed by atoms with Crippen molar-refractivity contribution in [2.75, 3.05) is 13.7 Å². The molecule has 7 heteroatoms. The smallest absolute Gasteiger partial charge is 0.229 e. The van der Waals surface area contributed by atoms with Crippen LogP contribution in [0.1, 0.15) is 35.8 Å². The Morgan fingerprint density at radius 1 is 1.50 bits per heavy atom. The van der Waals surface area contributed by atoms with E-state index < -0.39 is 0 Å². The van der Waals surface area contributed by atoms with Crippen LogP contribution >= 0.6 is 11.6 Å². The van der Waals surface area contributed by atoms with Gasteiger partial charge in [-0.3, -0.25) is 9.78 Å². The average molecular weight is 350 g/mol. The second kappa shape index (κ2) is 7.32. The summed E-state index contributed by atoms with van der Waals surface area (Å²) in [5.74, 6) is 0.0519. The van der Waals surface area contributed by atoms with Gasteiger partial charge < -0.3 is 14.2 Å². The van der Waals surface area contributed by atoms with Gasteiger partial charge in [-0.2, -0.15) is 0 Å². The molecular formula is C17H20ClN3O3. The van der Waals surface area contributed by atoms with Crippen molar-refractivity contribution in [3.05, 3.63) is 46.6 Å². The SMILES string of the molecule is Cc1noc(Cl)c1CCC(=O)N(C)[C@H]1CCO[C@@H]1c1cccnc1. The molecule has 3 rings (SSSR count). The number of rotatable bonds is 5. The number of pyridine rings is 1. The molecule has 1 saturated heterocycles. The maximum Gasteiger partial charge on any atom is 0.229 e. The summed E-state index contributed by atoms with van der Waals surface area (Å²) < 4.78 is 10.8. The summed E-state index contributed by atoms with van der Waals surface area (Å²) in [5.41, 5.74) is 2.52. The molecule has 0 bridgehead atoms. The van der Waals surface area contributed by atoms with Crippen molar-refractivity contribution < 1.29 is 14.1 Å². The Morgan fingerprint density at radius 2 is 2.33 bits per heavy atom. The maximum absolute atomic E-state index is 12.6. The van der Waals surface area contributed by atoms with Gasteiger partial charge >= 0.3 is 0 Å². The Hall–Kier alpha value is -1.92. The number of hydrogen-bond donors (Lipinski definition) is 0. The van der Waals surface area contributed by atoms with Gasteiger partial charge in [-0.25, -0.2) is 0 Å². The number of ether oxygens (including phenoxy) is 1. The highest BCUT2D eigenvalue weighted by Crippen LogP contribution is 2.32. The third-order valence-electron chi connectivity index (χ3n) is 4.49. The van der Waals surface area contributed by atoms with E-state index in [9.17, 15) is 4.79 Å². The Bertz CT molecular complexity index is 685. The molecule has 24 heavy (non-hydrogen) atoms. The molecule has 0 radical (unpaired) electrons. The number of nitrogens with zero attached hydrogens (tertiary/aromatic N) is 3. The number of carbonyl (C=O) groups excluding carboxylic acids is 1. The van der Waals surface area contributed by atoms with Crippen molar-refractivity contribution in [1.82, 2.24) is 15.0 Å². The number of hydrogen-bond acceptors (Lipinski definition) is 5. The highest BCUT2D eigenvalue weighted by Gasteiger charge is 2.34. The first-order chi connectivity index (χ1) is 11.6. The van der Waals surface area contributed by atoms with Gasteiger partial charge in [-0.05, 0) is 37.4 Å². The third-order valence-corrected chi connectivity index (χ3v) is 4.79. The van der Waals surface area contributed by atoms with Crippen LogP contribution in [0.25, 0.3) is 0 Å². The lowest BCUT2D eigenvalue weighted by Gasteiger charge is -2.28. The predicted molar refractivity (Wildman–Crippen MR) is 88.7 cm³/mol. The highest BCUT2D eigenvalue weighted by molar-refractivity contribution is 6.29. The standard InChI is InChI=1S/C17H20ClN3O3/c1-11-13(17(18)24-20-11)5-6-15(22)21(2)14-7-9-23-16(14)12-4-3-8-19-10-12/h3-4,8,10,14,16H,5-7,9H2,1-2H3/t14-,16+/m0/s1. The summed E-state index contributed by atoms with van der Waals surface area (Å²) in [6.45, 7) is 2.46. The van der Waals surface area contributed by atoms with Crippen LogP contribution in [0.4, 0.5) is 0 Å². The van der Waals surface area contributed by atoms with Crippen molar-refractivity contribution >= 4 is 17.5 Å². The molecule has 1 aliphatic heterocycles. The van der Waals surface area contributed by atoms with Gasteiger partial charge in [0.15, 0.2) is 0 Å². The summed E-state index contributed by atoms with van der Waals surface area (Å²) in [5, 5.41) is 4.07. The van der Waals surface area contributed by atoms with Gasteiger partial charge in [0.1, 0.15) is 6.10 Å². The third kappa shape index (κ3) is 3.44. The number of likely N-dealkylation sites (N-methyl/N-ethyl adjacent to an activating group) is 1. The van der Waals surface area contributed by atoms with E-state index in [0.29, 0.717) is 19.4 Å². The molecule has 6 nitrogen and oxygen atoms in total. The van der Waals surface area contributed by atoms with E-state index in [1.54, 1.807) is 17.3 Å². The van der Waals surface area contributed by atoms with Gasteiger partial charge in [-0.1, -0.05) is 11.2 Å². The number of carbonyl (C=O) groups is 1. The van der Waals surface area contributed by atoms with E-state index in [0.717, 1.165) is 23.2 Å². The Kier molecular flexibility index (Phi) is 5.16.